The number of hydrogen-bond donors (Lipinski definition) is 4. The van der Waals surface area contributed by atoms with E-state index in [1.54, 1.807) is 32.9 Å². The van der Waals surface area contributed by atoms with Gasteiger partial charge in [0.05, 0.1) is 0 Å². The van der Waals surface area contributed by atoms with Gasteiger partial charge in [-0.2, -0.15) is 0 Å². The number of carbonyl (C=O) groups is 3. The van der Waals surface area contributed by atoms with Gasteiger partial charge in [-0.3, -0.25) is 9.59 Å². The van der Waals surface area contributed by atoms with Crippen molar-refractivity contribution in [3.8, 4) is 5.75 Å². The van der Waals surface area contributed by atoms with E-state index in [0.29, 0.717) is 25.8 Å². The molecule has 8 heteroatoms. The number of benzene rings is 1. The van der Waals surface area contributed by atoms with Gasteiger partial charge in [0.15, 0.2) is 0 Å². The standard InChI is InChI=1S/C20H30N2O6/c1-20(2,3)28-19(27)22-16(13-14-8-10-15(23)11-9-14)18(26)21-12-6-4-5-7-17(24)25/h8-11,16,23H,4-7,12-13H2,1-3H3,(H,21,26)(H,22,27)(H,24,25). The molecule has 0 heterocycles. The van der Waals surface area contributed by atoms with Crippen LogP contribution in [0.1, 0.15) is 52.0 Å². The van der Waals surface area contributed by atoms with E-state index in [9.17, 15) is 19.5 Å². The van der Waals surface area contributed by atoms with E-state index in [4.69, 9.17) is 9.84 Å². The molecule has 2 amide bonds. The van der Waals surface area contributed by atoms with Gasteiger partial charge in [-0.15, -0.1) is 0 Å². The minimum atomic E-state index is -0.835. The highest BCUT2D eigenvalue weighted by Crippen LogP contribution is 2.12. The van der Waals surface area contributed by atoms with Gasteiger partial charge in [0.2, 0.25) is 5.91 Å². The van der Waals surface area contributed by atoms with Crippen molar-refractivity contribution in [1.29, 1.82) is 0 Å². The molecule has 156 valence electrons. The summed E-state index contributed by atoms with van der Waals surface area (Å²) in [5.41, 5.74) is 0.0869. The highest BCUT2D eigenvalue weighted by Gasteiger charge is 2.24. The third-order valence-electron chi connectivity index (χ3n) is 3.75. The number of phenolic OH excluding ortho intramolecular Hbond substituents is 1. The summed E-state index contributed by atoms with van der Waals surface area (Å²) in [6.07, 6.45) is 1.56. The number of aromatic hydroxyl groups is 1. The Labute approximate surface area is 165 Å². The molecule has 0 bridgehead atoms. The van der Waals surface area contributed by atoms with Crippen molar-refractivity contribution in [3.05, 3.63) is 29.8 Å². The first-order valence-corrected chi connectivity index (χ1v) is 9.34. The number of unbranched alkanes of at least 4 members (excludes halogenated alkanes) is 2. The number of nitrogens with one attached hydrogen (secondary N) is 2. The summed E-state index contributed by atoms with van der Waals surface area (Å²) < 4.78 is 5.23. The average Bonchev–Trinajstić information content (AvgIpc) is 2.57. The zero-order valence-corrected chi connectivity index (χ0v) is 16.7. The molecule has 1 atom stereocenters. The van der Waals surface area contributed by atoms with Crippen molar-refractivity contribution >= 4 is 18.0 Å². The largest absolute Gasteiger partial charge is 0.508 e. The fourth-order valence-corrected chi connectivity index (χ4v) is 2.44. The summed E-state index contributed by atoms with van der Waals surface area (Å²) in [5.74, 6) is -1.07. The Morgan fingerprint density at radius 2 is 1.71 bits per heavy atom. The molecule has 1 rings (SSSR count). The van der Waals surface area contributed by atoms with Crippen LogP contribution in [0.3, 0.4) is 0 Å². The van der Waals surface area contributed by atoms with Crippen molar-refractivity contribution < 1.29 is 29.3 Å². The van der Waals surface area contributed by atoms with Crippen molar-refractivity contribution in [2.24, 2.45) is 0 Å². The third kappa shape index (κ3) is 10.4. The number of amides is 2. The quantitative estimate of drug-likeness (QED) is 0.452. The fourth-order valence-electron chi connectivity index (χ4n) is 2.44. The fraction of sp³-hybridized carbons (Fsp3) is 0.550. The normalized spacial score (nSPS) is 12.1. The summed E-state index contributed by atoms with van der Waals surface area (Å²) in [4.78, 5) is 35.1. The third-order valence-corrected chi connectivity index (χ3v) is 3.75. The van der Waals surface area contributed by atoms with Crippen LogP contribution in [0.15, 0.2) is 24.3 Å². The Kier molecular flexibility index (Phi) is 9.27. The summed E-state index contributed by atoms with van der Waals surface area (Å²) in [5, 5.41) is 23.4. The highest BCUT2D eigenvalue weighted by atomic mass is 16.6. The highest BCUT2D eigenvalue weighted by molar-refractivity contribution is 5.86. The number of alkyl carbamates (subject to hydrolysis) is 1. The van der Waals surface area contributed by atoms with Crippen LogP contribution >= 0.6 is 0 Å². The van der Waals surface area contributed by atoms with Crippen LogP contribution in [-0.2, 0) is 20.7 Å². The maximum atomic E-state index is 12.5. The first-order valence-electron chi connectivity index (χ1n) is 9.34. The number of carboxylic acids is 1. The van der Waals surface area contributed by atoms with Gasteiger partial charge in [-0.05, 0) is 51.3 Å². The zero-order valence-electron chi connectivity index (χ0n) is 16.7. The number of carboxylic acid groups (broad SMARTS) is 1. The Morgan fingerprint density at radius 1 is 1.07 bits per heavy atom. The Hall–Kier alpha value is -2.77. The van der Waals surface area contributed by atoms with Crippen LogP contribution in [0.25, 0.3) is 0 Å². The van der Waals surface area contributed by atoms with Gasteiger partial charge in [0.1, 0.15) is 17.4 Å². The molecule has 0 aromatic heterocycles. The molecule has 1 aromatic rings. The van der Waals surface area contributed by atoms with Crippen LogP contribution in [0.4, 0.5) is 4.79 Å². The first-order chi connectivity index (χ1) is 13.1. The van der Waals surface area contributed by atoms with E-state index < -0.39 is 23.7 Å². The summed E-state index contributed by atoms with van der Waals surface area (Å²) >= 11 is 0. The summed E-state index contributed by atoms with van der Waals surface area (Å²) in [6, 6.07) is 5.55. The molecule has 4 N–H and O–H groups in total. The minimum Gasteiger partial charge on any atom is -0.508 e. The molecule has 8 nitrogen and oxygen atoms in total. The maximum Gasteiger partial charge on any atom is 0.408 e. The molecule has 0 fully saturated rings. The second-order valence-corrected chi connectivity index (χ2v) is 7.56. The van der Waals surface area contributed by atoms with Crippen LogP contribution in [0.5, 0.6) is 5.75 Å². The Bertz CT molecular complexity index is 652. The summed E-state index contributed by atoms with van der Waals surface area (Å²) in [7, 11) is 0. The van der Waals surface area contributed by atoms with Gasteiger partial charge in [0, 0.05) is 19.4 Å². The molecule has 1 aromatic carbocycles. The van der Waals surface area contributed by atoms with Crippen LogP contribution in [0, 0.1) is 0 Å². The Balaban J connectivity index is 2.62. The molecular weight excluding hydrogens is 364 g/mol. The molecular formula is C20H30N2O6. The molecule has 0 spiro atoms. The van der Waals surface area contributed by atoms with E-state index in [2.05, 4.69) is 10.6 Å². The van der Waals surface area contributed by atoms with E-state index >= 15 is 0 Å². The van der Waals surface area contributed by atoms with Gasteiger partial charge >= 0.3 is 12.1 Å². The number of rotatable bonds is 10. The Morgan fingerprint density at radius 3 is 2.29 bits per heavy atom. The summed E-state index contributed by atoms with van der Waals surface area (Å²) in [6.45, 7) is 5.59. The molecule has 1 unspecified atom stereocenters. The molecule has 0 aliphatic carbocycles. The molecule has 0 saturated heterocycles. The number of ether oxygens (including phenoxy) is 1. The topological polar surface area (TPSA) is 125 Å². The first kappa shape index (κ1) is 23.3. The maximum absolute atomic E-state index is 12.5. The van der Waals surface area contributed by atoms with Crippen molar-refractivity contribution in [1.82, 2.24) is 10.6 Å². The lowest BCUT2D eigenvalue weighted by molar-refractivity contribution is -0.137. The molecule has 0 radical (unpaired) electrons. The SMILES string of the molecule is CC(C)(C)OC(=O)NC(Cc1ccc(O)cc1)C(=O)NCCCCCC(=O)O. The number of phenols is 1. The van der Waals surface area contributed by atoms with Gasteiger partial charge < -0.3 is 25.6 Å². The second kappa shape index (κ2) is 11.2. The van der Waals surface area contributed by atoms with Crippen LogP contribution in [-0.4, -0.2) is 46.4 Å². The predicted molar refractivity (Wildman–Crippen MR) is 104 cm³/mol. The lowest BCUT2D eigenvalue weighted by atomic mass is 10.0. The van der Waals surface area contributed by atoms with Gasteiger partial charge in [0.25, 0.3) is 0 Å². The minimum absolute atomic E-state index is 0.109. The lowest BCUT2D eigenvalue weighted by Crippen LogP contribution is -2.49. The van der Waals surface area contributed by atoms with Gasteiger partial charge in [-0.1, -0.05) is 18.6 Å². The molecule has 28 heavy (non-hydrogen) atoms. The predicted octanol–water partition coefficient (Wildman–Crippen LogP) is 2.59. The molecule has 0 aliphatic rings. The van der Waals surface area contributed by atoms with Crippen molar-refractivity contribution in [2.45, 2.75) is 64.5 Å². The number of carbonyl (C=O) groups excluding carboxylic acids is 2. The molecule has 0 aliphatic heterocycles. The zero-order chi connectivity index (χ0) is 21.2. The van der Waals surface area contributed by atoms with E-state index in [-0.39, 0.29) is 24.5 Å². The monoisotopic (exact) mass is 394 g/mol. The van der Waals surface area contributed by atoms with Crippen molar-refractivity contribution in [3.63, 3.8) is 0 Å². The van der Waals surface area contributed by atoms with E-state index in [1.165, 1.54) is 12.1 Å². The lowest BCUT2D eigenvalue weighted by Gasteiger charge is -2.23. The smallest absolute Gasteiger partial charge is 0.408 e. The average molecular weight is 394 g/mol. The number of hydrogen-bond acceptors (Lipinski definition) is 5. The van der Waals surface area contributed by atoms with Crippen LogP contribution < -0.4 is 10.6 Å². The van der Waals surface area contributed by atoms with Crippen LogP contribution in [0.2, 0.25) is 0 Å². The molecule has 0 saturated carbocycles. The van der Waals surface area contributed by atoms with E-state index in [1.807, 2.05) is 0 Å². The number of aliphatic carboxylic acids is 1. The second-order valence-electron chi connectivity index (χ2n) is 7.56. The van der Waals surface area contributed by atoms with E-state index in [0.717, 1.165) is 5.56 Å². The van der Waals surface area contributed by atoms with Crippen molar-refractivity contribution in [2.75, 3.05) is 6.54 Å². The van der Waals surface area contributed by atoms with Gasteiger partial charge in [-0.25, -0.2) is 4.79 Å².